The minimum absolute atomic E-state index is 0.0290. The van der Waals surface area contributed by atoms with Crippen molar-refractivity contribution in [3.8, 4) is 28.4 Å². The molecule has 102 valence electrons. The third-order valence-corrected chi connectivity index (χ3v) is 3.33. The van der Waals surface area contributed by atoms with Crippen LogP contribution in [0.3, 0.4) is 0 Å². The number of phenols is 1. The molecule has 1 aliphatic heterocycles. The van der Waals surface area contributed by atoms with Gasteiger partial charge < -0.3 is 14.6 Å². The molecular formula is C16H14O4. The predicted octanol–water partition coefficient (Wildman–Crippen LogP) is 2.95. The maximum atomic E-state index is 11.0. The first-order valence-electron chi connectivity index (χ1n) is 6.38. The average Bonchev–Trinajstić information content (AvgIpc) is 2.49. The van der Waals surface area contributed by atoms with Crippen LogP contribution in [0.5, 0.6) is 17.2 Å². The zero-order chi connectivity index (χ0) is 14.1. The second kappa shape index (κ2) is 4.89. The quantitative estimate of drug-likeness (QED) is 0.852. The van der Waals surface area contributed by atoms with Gasteiger partial charge in [-0.2, -0.15) is 0 Å². The Bertz CT molecular complexity index is 676. The molecule has 0 amide bonds. The fraction of sp³-hybridized carbons (Fsp3) is 0.188. The predicted molar refractivity (Wildman–Crippen MR) is 74.7 cm³/mol. The fourth-order valence-electron chi connectivity index (χ4n) is 2.29. The van der Waals surface area contributed by atoms with Crippen LogP contribution in [-0.4, -0.2) is 24.6 Å². The van der Waals surface area contributed by atoms with E-state index in [1.165, 1.54) is 0 Å². The molecule has 0 saturated heterocycles. The van der Waals surface area contributed by atoms with E-state index in [0.29, 0.717) is 30.8 Å². The SMILES string of the molecule is Cc1cc(-c2ccc3c(c2)OCCO3)cc(C=O)c1O. The van der Waals surface area contributed by atoms with E-state index >= 15 is 0 Å². The van der Waals surface area contributed by atoms with Gasteiger partial charge in [-0.1, -0.05) is 6.07 Å². The van der Waals surface area contributed by atoms with E-state index in [-0.39, 0.29) is 11.3 Å². The number of hydrogen-bond acceptors (Lipinski definition) is 4. The number of fused-ring (bicyclic) bond motifs is 1. The molecule has 4 heteroatoms. The van der Waals surface area contributed by atoms with Crippen molar-refractivity contribution in [1.82, 2.24) is 0 Å². The van der Waals surface area contributed by atoms with Crippen LogP contribution in [0.25, 0.3) is 11.1 Å². The highest BCUT2D eigenvalue weighted by molar-refractivity contribution is 5.84. The van der Waals surface area contributed by atoms with Gasteiger partial charge in [0.05, 0.1) is 5.56 Å². The highest BCUT2D eigenvalue weighted by Crippen LogP contribution is 2.36. The summed E-state index contributed by atoms with van der Waals surface area (Å²) in [6, 6.07) is 9.16. The number of carbonyl (C=O) groups is 1. The summed E-state index contributed by atoms with van der Waals surface area (Å²) in [5.41, 5.74) is 2.73. The normalized spacial score (nSPS) is 13.1. The summed E-state index contributed by atoms with van der Waals surface area (Å²) in [4.78, 5) is 11.0. The molecule has 1 aliphatic rings. The average molecular weight is 270 g/mol. The lowest BCUT2D eigenvalue weighted by Crippen LogP contribution is -2.15. The van der Waals surface area contributed by atoms with Crippen molar-refractivity contribution in [3.05, 3.63) is 41.5 Å². The lowest BCUT2D eigenvalue weighted by Gasteiger charge is -2.19. The van der Waals surface area contributed by atoms with Crippen LogP contribution in [0.4, 0.5) is 0 Å². The van der Waals surface area contributed by atoms with Gasteiger partial charge in [0, 0.05) is 0 Å². The molecule has 0 radical (unpaired) electrons. The summed E-state index contributed by atoms with van der Waals surface area (Å²) in [7, 11) is 0. The zero-order valence-electron chi connectivity index (χ0n) is 11.1. The molecular weight excluding hydrogens is 256 g/mol. The molecule has 1 N–H and O–H groups in total. The summed E-state index contributed by atoms with van der Waals surface area (Å²) in [6.07, 6.45) is 0.657. The highest BCUT2D eigenvalue weighted by Gasteiger charge is 2.14. The Kier molecular flexibility index (Phi) is 3.06. The van der Waals surface area contributed by atoms with E-state index in [1.807, 2.05) is 24.3 Å². The zero-order valence-corrected chi connectivity index (χ0v) is 11.1. The lowest BCUT2D eigenvalue weighted by molar-refractivity contribution is 0.112. The largest absolute Gasteiger partial charge is 0.507 e. The van der Waals surface area contributed by atoms with Crippen molar-refractivity contribution >= 4 is 6.29 Å². The molecule has 4 nitrogen and oxygen atoms in total. The number of phenolic OH excluding ortho intramolecular Hbond substituents is 1. The number of aryl methyl sites for hydroxylation is 1. The first kappa shape index (κ1) is 12.5. The third kappa shape index (κ3) is 2.09. The standard InChI is InChI=1S/C16H14O4/c1-10-6-12(7-13(9-17)16(10)18)11-2-3-14-15(8-11)20-5-4-19-14/h2-3,6-9,18H,4-5H2,1H3. The van der Waals surface area contributed by atoms with Gasteiger partial charge in [-0.25, -0.2) is 0 Å². The number of aromatic hydroxyl groups is 1. The molecule has 0 atom stereocenters. The first-order valence-corrected chi connectivity index (χ1v) is 6.38. The molecule has 20 heavy (non-hydrogen) atoms. The Hall–Kier alpha value is -2.49. The van der Waals surface area contributed by atoms with Crippen LogP contribution in [0.15, 0.2) is 30.3 Å². The topological polar surface area (TPSA) is 55.8 Å². The minimum Gasteiger partial charge on any atom is -0.507 e. The molecule has 0 aliphatic carbocycles. The van der Waals surface area contributed by atoms with Gasteiger partial charge in [0.2, 0.25) is 0 Å². The Morgan fingerprint density at radius 1 is 1.05 bits per heavy atom. The smallest absolute Gasteiger partial charge is 0.161 e. The maximum Gasteiger partial charge on any atom is 0.161 e. The van der Waals surface area contributed by atoms with Crippen molar-refractivity contribution in [2.45, 2.75) is 6.92 Å². The molecule has 1 heterocycles. The molecule has 2 aromatic carbocycles. The number of hydrogen-bond donors (Lipinski definition) is 1. The van der Waals surface area contributed by atoms with Gasteiger partial charge in [-0.05, 0) is 47.9 Å². The number of aldehydes is 1. The van der Waals surface area contributed by atoms with Crippen LogP contribution in [-0.2, 0) is 0 Å². The Morgan fingerprint density at radius 3 is 2.55 bits per heavy atom. The van der Waals surface area contributed by atoms with Gasteiger partial charge in [-0.3, -0.25) is 4.79 Å². The molecule has 0 unspecified atom stereocenters. The van der Waals surface area contributed by atoms with Crippen LogP contribution in [0.2, 0.25) is 0 Å². The summed E-state index contributed by atoms with van der Waals surface area (Å²) in [5, 5.41) is 9.79. The van der Waals surface area contributed by atoms with E-state index in [0.717, 1.165) is 16.9 Å². The van der Waals surface area contributed by atoms with E-state index in [9.17, 15) is 9.90 Å². The Morgan fingerprint density at radius 2 is 1.80 bits per heavy atom. The van der Waals surface area contributed by atoms with E-state index in [4.69, 9.17) is 9.47 Å². The molecule has 0 saturated carbocycles. The number of ether oxygens (including phenoxy) is 2. The maximum absolute atomic E-state index is 11.0. The van der Waals surface area contributed by atoms with Crippen molar-refractivity contribution in [1.29, 1.82) is 0 Å². The van der Waals surface area contributed by atoms with Crippen LogP contribution in [0, 0.1) is 6.92 Å². The van der Waals surface area contributed by atoms with Crippen molar-refractivity contribution in [2.75, 3.05) is 13.2 Å². The van der Waals surface area contributed by atoms with Gasteiger partial charge in [-0.15, -0.1) is 0 Å². The Balaban J connectivity index is 2.09. The summed E-state index contributed by atoms with van der Waals surface area (Å²) in [6.45, 7) is 2.86. The van der Waals surface area contributed by atoms with Gasteiger partial charge in [0.1, 0.15) is 19.0 Å². The fourth-order valence-corrected chi connectivity index (χ4v) is 2.29. The number of carbonyl (C=O) groups excluding carboxylic acids is 1. The van der Waals surface area contributed by atoms with Crippen LogP contribution >= 0.6 is 0 Å². The third-order valence-electron chi connectivity index (χ3n) is 3.33. The molecule has 0 spiro atoms. The minimum atomic E-state index is 0.0290. The Labute approximate surface area is 116 Å². The number of benzene rings is 2. The first-order chi connectivity index (χ1) is 9.69. The van der Waals surface area contributed by atoms with E-state index < -0.39 is 0 Å². The van der Waals surface area contributed by atoms with Crippen LogP contribution in [0.1, 0.15) is 15.9 Å². The molecule has 0 fully saturated rings. The summed E-state index contributed by atoms with van der Waals surface area (Å²) in [5.74, 6) is 1.46. The molecule has 0 aromatic heterocycles. The molecule has 3 rings (SSSR count). The van der Waals surface area contributed by atoms with Gasteiger partial charge in [0.25, 0.3) is 0 Å². The summed E-state index contributed by atoms with van der Waals surface area (Å²) < 4.78 is 11.0. The van der Waals surface area contributed by atoms with Gasteiger partial charge in [0.15, 0.2) is 17.8 Å². The molecule has 0 bridgehead atoms. The van der Waals surface area contributed by atoms with Crippen LogP contribution < -0.4 is 9.47 Å². The van der Waals surface area contributed by atoms with E-state index in [1.54, 1.807) is 13.0 Å². The van der Waals surface area contributed by atoms with Gasteiger partial charge >= 0.3 is 0 Å². The highest BCUT2D eigenvalue weighted by atomic mass is 16.6. The number of rotatable bonds is 2. The lowest BCUT2D eigenvalue weighted by atomic mass is 9.99. The summed E-state index contributed by atoms with van der Waals surface area (Å²) >= 11 is 0. The van der Waals surface area contributed by atoms with Crippen molar-refractivity contribution < 1.29 is 19.4 Å². The van der Waals surface area contributed by atoms with E-state index in [2.05, 4.69) is 0 Å². The second-order valence-corrected chi connectivity index (χ2v) is 4.71. The van der Waals surface area contributed by atoms with Crippen molar-refractivity contribution in [3.63, 3.8) is 0 Å². The van der Waals surface area contributed by atoms with Crippen molar-refractivity contribution in [2.24, 2.45) is 0 Å². The monoisotopic (exact) mass is 270 g/mol. The second-order valence-electron chi connectivity index (χ2n) is 4.71. The molecule has 2 aromatic rings.